The zero-order valence-corrected chi connectivity index (χ0v) is 13.1. The Labute approximate surface area is 134 Å². The summed E-state index contributed by atoms with van der Waals surface area (Å²) in [5.74, 6) is 1.32. The average Bonchev–Trinajstić information content (AvgIpc) is 3.14. The van der Waals surface area contributed by atoms with Gasteiger partial charge >= 0.3 is 0 Å². The number of rotatable bonds is 5. The highest BCUT2D eigenvalue weighted by Gasteiger charge is 2.30. The minimum atomic E-state index is -0.0966. The summed E-state index contributed by atoms with van der Waals surface area (Å²) in [6.45, 7) is 4.04. The van der Waals surface area contributed by atoms with Crippen LogP contribution in [0.3, 0.4) is 0 Å². The van der Waals surface area contributed by atoms with Crippen LogP contribution in [0.15, 0.2) is 34.9 Å². The predicted molar refractivity (Wildman–Crippen MR) is 84.4 cm³/mol. The second-order valence-corrected chi connectivity index (χ2v) is 5.66. The van der Waals surface area contributed by atoms with Gasteiger partial charge in [0.25, 0.3) is 0 Å². The van der Waals surface area contributed by atoms with Gasteiger partial charge in [0.2, 0.25) is 11.8 Å². The Balaban J connectivity index is 1.76. The predicted octanol–water partition coefficient (Wildman–Crippen LogP) is 2.71. The minimum absolute atomic E-state index is 0.0831. The maximum Gasteiger partial charge on any atom is 0.237 e. The number of hydrogen-bond acceptors (Lipinski definition) is 4. The molecule has 0 radical (unpaired) electrons. The summed E-state index contributed by atoms with van der Waals surface area (Å²) < 4.78 is 5.81. The van der Waals surface area contributed by atoms with E-state index in [0.29, 0.717) is 23.2 Å². The number of oxazole rings is 1. The van der Waals surface area contributed by atoms with Gasteiger partial charge in [-0.1, -0.05) is 30.7 Å². The average molecular weight is 320 g/mol. The first-order valence-electron chi connectivity index (χ1n) is 7.40. The summed E-state index contributed by atoms with van der Waals surface area (Å²) >= 11 is 6.17. The van der Waals surface area contributed by atoms with E-state index in [4.69, 9.17) is 16.0 Å². The molecule has 1 aliphatic heterocycles. The van der Waals surface area contributed by atoms with Crippen molar-refractivity contribution in [3.63, 3.8) is 0 Å². The summed E-state index contributed by atoms with van der Waals surface area (Å²) in [6.07, 6.45) is 2.50. The molecule has 1 N–H and O–H groups in total. The standard InChI is InChI=1S/C16H18ClN3O2/c1-2-20(13-7-8-18-16(13)21)10-15-19-9-14(22-15)11-5-3-4-6-12(11)17/h3-6,9,13H,2,7-8,10H2,1H3,(H,18,21). The summed E-state index contributed by atoms with van der Waals surface area (Å²) in [5.41, 5.74) is 0.824. The summed E-state index contributed by atoms with van der Waals surface area (Å²) in [6, 6.07) is 7.40. The number of benzene rings is 1. The van der Waals surface area contributed by atoms with E-state index in [1.807, 2.05) is 31.2 Å². The number of halogens is 1. The van der Waals surface area contributed by atoms with Crippen molar-refractivity contribution >= 4 is 17.5 Å². The molecular formula is C16H18ClN3O2. The maximum atomic E-state index is 11.8. The Morgan fingerprint density at radius 3 is 2.95 bits per heavy atom. The number of likely N-dealkylation sites (N-methyl/N-ethyl adjacent to an activating group) is 1. The van der Waals surface area contributed by atoms with Crippen LogP contribution in [0.4, 0.5) is 0 Å². The lowest BCUT2D eigenvalue weighted by atomic mass is 10.2. The third-order valence-electron chi connectivity index (χ3n) is 3.90. The first kappa shape index (κ1) is 15.1. The fourth-order valence-electron chi connectivity index (χ4n) is 2.71. The van der Waals surface area contributed by atoms with E-state index in [1.165, 1.54) is 0 Å². The van der Waals surface area contributed by atoms with Gasteiger partial charge in [0.05, 0.1) is 23.8 Å². The van der Waals surface area contributed by atoms with Gasteiger partial charge in [-0.05, 0) is 25.1 Å². The SMILES string of the molecule is CCN(Cc1ncc(-c2ccccc2Cl)o1)C1CCNC1=O. The minimum Gasteiger partial charge on any atom is -0.439 e. The Morgan fingerprint density at radius 2 is 2.27 bits per heavy atom. The highest BCUT2D eigenvalue weighted by Crippen LogP contribution is 2.28. The molecule has 0 aliphatic carbocycles. The molecule has 22 heavy (non-hydrogen) atoms. The van der Waals surface area contributed by atoms with Crippen molar-refractivity contribution in [2.24, 2.45) is 0 Å². The maximum absolute atomic E-state index is 11.8. The molecule has 1 unspecified atom stereocenters. The fraction of sp³-hybridized carbons (Fsp3) is 0.375. The molecule has 1 fully saturated rings. The van der Waals surface area contributed by atoms with Gasteiger partial charge in [-0.25, -0.2) is 4.98 Å². The molecule has 1 aromatic heterocycles. The third-order valence-corrected chi connectivity index (χ3v) is 4.23. The lowest BCUT2D eigenvalue weighted by molar-refractivity contribution is -0.123. The molecular weight excluding hydrogens is 302 g/mol. The molecule has 6 heteroatoms. The number of nitrogens with zero attached hydrogens (tertiary/aromatic N) is 2. The third kappa shape index (κ3) is 3.00. The van der Waals surface area contributed by atoms with Crippen molar-refractivity contribution in [3.05, 3.63) is 41.4 Å². The smallest absolute Gasteiger partial charge is 0.237 e. The fourth-order valence-corrected chi connectivity index (χ4v) is 2.94. The molecule has 0 bridgehead atoms. The van der Waals surface area contributed by atoms with Crippen molar-refractivity contribution < 1.29 is 9.21 Å². The van der Waals surface area contributed by atoms with Crippen molar-refractivity contribution in [3.8, 4) is 11.3 Å². The van der Waals surface area contributed by atoms with E-state index in [2.05, 4.69) is 15.2 Å². The van der Waals surface area contributed by atoms with E-state index >= 15 is 0 Å². The number of amides is 1. The van der Waals surface area contributed by atoms with Crippen LogP contribution in [0.1, 0.15) is 19.2 Å². The topological polar surface area (TPSA) is 58.4 Å². The van der Waals surface area contributed by atoms with Gasteiger partial charge in [-0.3, -0.25) is 9.69 Å². The molecule has 1 atom stereocenters. The largest absolute Gasteiger partial charge is 0.439 e. The Kier molecular flexibility index (Phi) is 4.45. The molecule has 2 heterocycles. The van der Waals surface area contributed by atoms with Gasteiger partial charge in [-0.15, -0.1) is 0 Å². The van der Waals surface area contributed by atoms with Crippen LogP contribution in [0, 0.1) is 0 Å². The van der Waals surface area contributed by atoms with Gasteiger partial charge in [0.1, 0.15) is 0 Å². The highest BCUT2D eigenvalue weighted by molar-refractivity contribution is 6.33. The van der Waals surface area contributed by atoms with Gasteiger partial charge in [-0.2, -0.15) is 0 Å². The summed E-state index contributed by atoms with van der Waals surface area (Å²) in [4.78, 5) is 18.2. The van der Waals surface area contributed by atoms with E-state index < -0.39 is 0 Å². The second-order valence-electron chi connectivity index (χ2n) is 5.26. The lowest BCUT2D eigenvalue weighted by Gasteiger charge is -2.23. The van der Waals surface area contributed by atoms with Crippen molar-refractivity contribution in [1.29, 1.82) is 0 Å². The Bertz CT molecular complexity index is 671. The van der Waals surface area contributed by atoms with E-state index in [-0.39, 0.29) is 11.9 Å². The van der Waals surface area contributed by atoms with Crippen LogP contribution in [-0.4, -0.2) is 34.9 Å². The van der Waals surface area contributed by atoms with E-state index in [1.54, 1.807) is 6.20 Å². The number of carbonyl (C=O) groups excluding carboxylic acids is 1. The van der Waals surface area contributed by atoms with Crippen LogP contribution in [0.25, 0.3) is 11.3 Å². The lowest BCUT2D eigenvalue weighted by Crippen LogP contribution is -2.40. The second kappa shape index (κ2) is 6.50. The molecule has 0 spiro atoms. The molecule has 5 nitrogen and oxygen atoms in total. The van der Waals surface area contributed by atoms with Crippen LogP contribution in [0.5, 0.6) is 0 Å². The first-order chi connectivity index (χ1) is 10.7. The molecule has 2 aromatic rings. The monoisotopic (exact) mass is 319 g/mol. The number of carbonyl (C=O) groups is 1. The molecule has 1 amide bonds. The van der Waals surface area contributed by atoms with Crippen LogP contribution >= 0.6 is 11.6 Å². The van der Waals surface area contributed by atoms with Crippen molar-refractivity contribution in [2.45, 2.75) is 25.9 Å². The van der Waals surface area contributed by atoms with Crippen LogP contribution in [0.2, 0.25) is 5.02 Å². The summed E-state index contributed by atoms with van der Waals surface area (Å²) in [5, 5.41) is 3.49. The van der Waals surface area contributed by atoms with Gasteiger partial charge < -0.3 is 9.73 Å². The zero-order chi connectivity index (χ0) is 15.5. The van der Waals surface area contributed by atoms with Gasteiger partial charge in [0, 0.05) is 12.1 Å². The molecule has 1 saturated heterocycles. The van der Waals surface area contributed by atoms with E-state index in [0.717, 1.165) is 25.1 Å². The summed E-state index contributed by atoms with van der Waals surface area (Å²) in [7, 11) is 0. The molecule has 0 saturated carbocycles. The first-order valence-corrected chi connectivity index (χ1v) is 7.78. The molecule has 3 rings (SSSR count). The quantitative estimate of drug-likeness (QED) is 0.920. The van der Waals surface area contributed by atoms with Crippen LogP contribution < -0.4 is 5.32 Å². The van der Waals surface area contributed by atoms with Crippen LogP contribution in [-0.2, 0) is 11.3 Å². The van der Waals surface area contributed by atoms with Gasteiger partial charge in [0.15, 0.2) is 5.76 Å². The van der Waals surface area contributed by atoms with E-state index in [9.17, 15) is 4.79 Å². The van der Waals surface area contributed by atoms with Crippen molar-refractivity contribution in [1.82, 2.24) is 15.2 Å². The molecule has 1 aromatic carbocycles. The normalized spacial score (nSPS) is 18.0. The van der Waals surface area contributed by atoms with Crippen molar-refractivity contribution in [2.75, 3.05) is 13.1 Å². The zero-order valence-electron chi connectivity index (χ0n) is 12.4. The number of aromatic nitrogens is 1. The number of nitrogens with one attached hydrogen (secondary N) is 1. The Hall–Kier alpha value is -1.85. The highest BCUT2D eigenvalue weighted by atomic mass is 35.5. The molecule has 1 aliphatic rings. The number of hydrogen-bond donors (Lipinski definition) is 1. The Morgan fingerprint density at radius 1 is 1.45 bits per heavy atom. The molecule has 116 valence electrons.